The molecule has 0 radical (unpaired) electrons. The standard InChI is InChI=1S/C13H14N2O5/c14-10-3-1-2-9(6-10)4-5-11(16)15(7-12(17)18)8-13(19)20/h1-6H,7-8,14H2,(H,17,18)(H,19,20)/b5-4+. The summed E-state index contributed by atoms with van der Waals surface area (Å²) in [5, 5.41) is 17.3. The molecule has 0 atom stereocenters. The SMILES string of the molecule is Nc1cccc(/C=C/C(=O)N(CC(=O)O)CC(=O)O)c1. The first-order chi connectivity index (χ1) is 9.38. The molecular formula is C13H14N2O5. The van der Waals surface area contributed by atoms with Gasteiger partial charge in [0.2, 0.25) is 5.91 Å². The molecule has 4 N–H and O–H groups in total. The Hall–Kier alpha value is -2.83. The van der Waals surface area contributed by atoms with Gasteiger partial charge in [-0.25, -0.2) is 0 Å². The molecule has 7 heteroatoms. The molecule has 0 fully saturated rings. The highest BCUT2D eigenvalue weighted by molar-refractivity contribution is 5.95. The third kappa shape index (κ3) is 5.21. The Morgan fingerprint density at radius 3 is 2.25 bits per heavy atom. The molecule has 1 aromatic rings. The van der Waals surface area contributed by atoms with Crippen molar-refractivity contribution in [2.45, 2.75) is 0 Å². The Morgan fingerprint density at radius 1 is 1.15 bits per heavy atom. The van der Waals surface area contributed by atoms with Gasteiger partial charge in [-0.1, -0.05) is 12.1 Å². The summed E-state index contributed by atoms with van der Waals surface area (Å²) in [6, 6.07) is 6.72. The summed E-state index contributed by atoms with van der Waals surface area (Å²) in [7, 11) is 0. The molecule has 0 aliphatic carbocycles. The van der Waals surface area contributed by atoms with E-state index in [1.807, 2.05) is 0 Å². The second-order valence-electron chi connectivity index (χ2n) is 3.99. The molecule has 0 bridgehead atoms. The number of carboxylic acids is 2. The van der Waals surface area contributed by atoms with Crippen molar-refractivity contribution in [1.82, 2.24) is 4.90 Å². The first-order valence-electron chi connectivity index (χ1n) is 5.64. The van der Waals surface area contributed by atoms with E-state index in [1.54, 1.807) is 24.3 Å². The van der Waals surface area contributed by atoms with Crippen LogP contribution in [0.2, 0.25) is 0 Å². The van der Waals surface area contributed by atoms with Gasteiger partial charge in [0.1, 0.15) is 13.1 Å². The average molecular weight is 278 g/mol. The molecule has 1 rings (SSSR count). The molecule has 1 amide bonds. The predicted octanol–water partition coefficient (Wildman–Crippen LogP) is 0.280. The highest BCUT2D eigenvalue weighted by atomic mass is 16.4. The lowest BCUT2D eigenvalue weighted by Gasteiger charge is -2.16. The molecule has 20 heavy (non-hydrogen) atoms. The van der Waals surface area contributed by atoms with Crippen molar-refractivity contribution in [1.29, 1.82) is 0 Å². The van der Waals surface area contributed by atoms with Crippen LogP contribution in [0, 0.1) is 0 Å². The van der Waals surface area contributed by atoms with Crippen LogP contribution in [-0.2, 0) is 14.4 Å². The molecule has 0 aliphatic heterocycles. The van der Waals surface area contributed by atoms with Crippen LogP contribution in [0.25, 0.3) is 6.08 Å². The van der Waals surface area contributed by atoms with Gasteiger partial charge in [-0.05, 0) is 23.8 Å². The first-order valence-corrected chi connectivity index (χ1v) is 5.64. The van der Waals surface area contributed by atoms with Crippen molar-refractivity contribution in [2.24, 2.45) is 0 Å². The minimum absolute atomic E-state index is 0.521. The molecule has 0 saturated heterocycles. The minimum Gasteiger partial charge on any atom is -0.480 e. The minimum atomic E-state index is -1.28. The first kappa shape index (κ1) is 15.2. The molecule has 106 valence electrons. The van der Waals surface area contributed by atoms with Crippen molar-refractivity contribution in [3.05, 3.63) is 35.9 Å². The third-order valence-electron chi connectivity index (χ3n) is 2.29. The highest BCUT2D eigenvalue weighted by Crippen LogP contribution is 2.08. The van der Waals surface area contributed by atoms with Gasteiger partial charge in [0, 0.05) is 11.8 Å². The van der Waals surface area contributed by atoms with E-state index in [-0.39, 0.29) is 0 Å². The average Bonchev–Trinajstić information content (AvgIpc) is 2.34. The summed E-state index contributed by atoms with van der Waals surface area (Å²) < 4.78 is 0. The molecule has 0 aliphatic rings. The van der Waals surface area contributed by atoms with Crippen molar-refractivity contribution in [2.75, 3.05) is 18.8 Å². The van der Waals surface area contributed by atoms with Gasteiger partial charge in [0.25, 0.3) is 0 Å². The quantitative estimate of drug-likeness (QED) is 0.507. The van der Waals surface area contributed by atoms with Gasteiger partial charge in [-0.2, -0.15) is 0 Å². The number of anilines is 1. The van der Waals surface area contributed by atoms with E-state index in [2.05, 4.69) is 0 Å². The highest BCUT2D eigenvalue weighted by Gasteiger charge is 2.17. The zero-order valence-electron chi connectivity index (χ0n) is 10.5. The van der Waals surface area contributed by atoms with Crippen LogP contribution in [0.4, 0.5) is 5.69 Å². The number of nitrogens with two attached hydrogens (primary N) is 1. The van der Waals surface area contributed by atoms with Gasteiger partial charge in [0.05, 0.1) is 0 Å². The van der Waals surface area contributed by atoms with Crippen molar-refractivity contribution in [3.8, 4) is 0 Å². The molecule has 7 nitrogen and oxygen atoms in total. The fourth-order valence-electron chi connectivity index (χ4n) is 1.47. The largest absolute Gasteiger partial charge is 0.480 e. The zero-order chi connectivity index (χ0) is 15.1. The number of amides is 1. The Morgan fingerprint density at radius 2 is 1.75 bits per heavy atom. The second-order valence-corrected chi connectivity index (χ2v) is 3.99. The van der Waals surface area contributed by atoms with E-state index in [0.717, 1.165) is 6.08 Å². The van der Waals surface area contributed by atoms with E-state index >= 15 is 0 Å². The summed E-state index contributed by atoms with van der Waals surface area (Å²) in [5.74, 6) is -3.26. The summed E-state index contributed by atoms with van der Waals surface area (Å²) >= 11 is 0. The summed E-state index contributed by atoms with van der Waals surface area (Å²) in [6.07, 6.45) is 2.55. The molecule has 1 aromatic carbocycles. The van der Waals surface area contributed by atoms with Crippen LogP contribution < -0.4 is 5.73 Å². The second kappa shape index (κ2) is 6.93. The molecule has 0 saturated carbocycles. The number of benzene rings is 1. The number of hydrogen-bond acceptors (Lipinski definition) is 4. The number of hydrogen-bond donors (Lipinski definition) is 3. The van der Waals surface area contributed by atoms with Crippen LogP contribution in [0.5, 0.6) is 0 Å². The van der Waals surface area contributed by atoms with E-state index in [4.69, 9.17) is 15.9 Å². The Balaban J connectivity index is 2.79. The van der Waals surface area contributed by atoms with Crippen LogP contribution in [0.15, 0.2) is 30.3 Å². The maximum atomic E-state index is 11.8. The number of nitrogen functional groups attached to an aromatic ring is 1. The van der Waals surface area contributed by atoms with E-state index in [0.29, 0.717) is 16.2 Å². The van der Waals surface area contributed by atoms with Gasteiger partial charge in [0.15, 0.2) is 0 Å². The molecule has 0 heterocycles. The fourth-order valence-corrected chi connectivity index (χ4v) is 1.47. The number of aliphatic carboxylic acids is 2. The van der Waals surface area contributed by atoms with Gasteiger partial charge < -0.3 is 20.8 Å². The maximum Gasteiger partial charge on any atom is 0.323 e. The van der Waals surface area contributed by atoms with Gasteiger partial charge in [-0.15, -0.1) is 0 Å². The van der Waals surface area contributed by atoms with E-state index < -0.39 is 30.9 Å². The van der Waals surface area contributed by atoms with Crippen molar-refractivity contribution >= 4 is 29.6 Å². The zero-order valence-corrected chi connectivity index (χ0v) is 10.5. The lowest BCUT2D eigenvalue weighted by Crippen LogP contribution is -2.38. The Labute approximate surface area is 114 Å². The molecule has 0 aromatic heterocycles. The fraction of sp³-hybridized carbons (Fsp3) is 0.154. The van der Waals surface area contributed by atoms with Gasteiger partial charge in [-0.3, -0.25) is 14.4 Å². The molecule has 0 unspecified atom stereocenters. The molecular weight excluding hydrogens is 264 g/mol. The monoisotopic (exact) mass is 278 g/mol. The van der Waals surface area contributed by atoms with E-state index in [1.165, 1.54) is 6.08 Å². The maximum absolute atomic E-state index is 11.8. The Kier molecular flexibility index (Phi) is 5.28. The van der Waals surface area contributed by atoms with Crippen LogP contribution in [-0.4, -0.2) is 46.0 Å². The lowest BCUT2D eigenvalue weighted by molar-refractivity contribution is -0.147. The number of carbonyl (C=O) groups is 3. The van der Waals surface area contributed by atoms with Crippen molar-refractivity contribution in [3.63, 3.8) is 0 Å². The lowest BCUT2D eigenvalue weighted by atomic mass is 10.2. The number of carbonyl (C=O) groups excluding carboxylic acids is 1. The smallest absolute Gasteiger partial charge is 0.323 e. The number of rotatable bonds is 6. The topological polar surface area (TPSA) is 121 Å². The third-order valence-corrected chi connectivity index (χ3v) is 2.29. The summed E-state index contributed by atoms with van der Waals surface area (Å²) in [6.45, 7) is -1.35. The van der Waals surface area contributed by atoms with Crippen LogP contribution in [0.1, 0.15) is 5.56 Å². The van der Waals surface area contributed by atoms with Crippen LogP contribution >= 0.6 is 0 Å². The van der Waals surface area contributed by atoms with Crippen LogP contribution in [0.3, 0.4) is 0 Å². The predicted molar refractivity (Wildman–Crippen MR) is 71.7 cm³/mol. The van der Waals surface area contributed by atoms with Gasteiger partial charge >= 0.3 is 11.9 Å². The Bertz CT molecular complexity index is 537. The van der Waals surface area contributed by atoms with E-state index in [9.17, 15) is 14.4 Å². The summed E-state index contributed by atoms with van der Waals surface area (Å²) in [5.41, 5.74) is 6.75. The summed E-state index contributed by atoms with van der Waals surface area (Å²) in [4.78, 5) is 33.6. The number of nitrogens with zero attached hydrogens (tertiary/aromatic N) is 1. The molecule has 0 spiro atoms. The number of carboxylic acid groups (broad SMARTS) is 2. The normalized spacial score (nSPS) is 10.4. The van der Waals surface area contributed by atoms with Crippen molar-refractivity contribution < 1.29 is 24.6 Å².